The molecule has 0 aliphatic rings. The molecule has 0 aromatic carbocycles. The highest BCUT2D eigenvalue weighted by Crippen LogP contribution is 2.17. The van der Waals surface area contributed by atoms with E-state index in [0.29, 0.717) is 18.1 Å². The van der Waals surface area contributed by atoms with Gasteiger partial charge >= 0.3 is 0 Å². The standard InChI is InChI=1S/C15H17N3O4/c1-9-4-12(14(21)18-11(3)7-19)6-17-15(9)22-13(8-20)5-10(2)16/h4-8,11,16H,1-3H3,(H,18,21)/b13-5+,16-10?/t11-/m1/s1. The SMILES string of the molecule is CC(=N)/C=C(\C=O)Oc1ncc(C(=O)N[C@H](C)C=O)cc1C. The van der Waals surface area contributed by atoms with Crippen LogP contribution in [-0.4, -0.2) is 35.2 Å². The van der Waals surface area contributed by atoms with Gasteiger partial charge in [0.2, 0.25) is 5.88 Å². The molecule has 1 atom stereocenters. The minimum atomic E-state index is -0.594. The van der Waals surface area contributed by atoms with Crippen LogP contribution in [0, 0.1) is 12.3 Å². The number of nitrogens with zero attached hydrogens (tertiary/aromatic N) is 1. The quantitative estimate of drug-likeness (QED) is 0.340. The third-order valence-electron chi connectivity index (χ3n) is 2.54. The number of aryl methyl sites for hydroxylation is 1. The van der Waals surface area contributed by atoms with E-state index in [1.165, 1.54) is 25.3 Å². The molecular weight excluding hydrogens is 286 g/mol. The minimum Gasteiger partial charge on any atom is -0.435 e. The number of hydrogen-bond acceptors (Lipinski definition) is 6. The molecule has 7 heteroatoms. The van der Waals surface area contributed by atoms with Gasteiger partial charge in [0.05, 0.1) is 11.6 Å². The van der Waals surface area contributed by atoms with Crippen molar-refractivity contribution < 1.29 is 19.1 Å². The molecule has 0 fully saturated rings. The fraction of sp³-hybridized carbons (Fsp3) is 0.267. The molecule has 0 bridgehead atoms. The Balaban J connectivity index is 2.94. The third kappa shape index (κ3) is 4.93. The van der Waals surface area contributed by atoms with Gasteiger partial charge in [-0.1, -0.05) is 0 Å². The predicted octanol–water partition coefficient (Wildman–Crippen LogP) is 1.21. The molecule has 22 heavy (non-hydrogen) atoms. The lowest BCUT2D eigenvalue weighted by molar-refractivity contribution is -0.109. The van der Waals surface area contributed by atoms with Gasteiger partial charge in [-0.2, -0.15) is 0 Å². The Labute approximate surface area is 127 Å². The second-order valence-corrected chi connectivity index (χ2v) is 4.69. The molecule has 1 heterocycles. The van der Waals surface area contributed by atoms with Gasteiger partial charge in [-0.25, -0.2) is 4.98 Å². The zero-order valence-corrected chi connectivity index (χ0v) is 12.5. The smallest absolute Gasteiger partial charge is 0.253 e. The van der Waals surface area contributed by atoms with Crippen LogP contribution >= 0.6 is 0 Å². The number of allylic oxidation sites excluding steroid dienone is 2. The second-order valence-electron chi connectivity index (χ2n) is 4.69. The zero-order chi connectivity index (χ0) is 16.7. The van der Waals surface area contributed by atoms with Gasteiger partial charge in [-0.05, 0) is 26.8 Å². The van der Waals surface area contributed by atoms with Gasteiger partial charge in [-0.15, -0.1) is 0 Å². The highest BCUT2D eigenvalue weighted by Gasteiger charge is 2.12. The summed E-state index contributed by atoms with van der Waals surface area (Å²) < 4.78 is 5.30. The number of rotatable bonds is 7. The van der Waals surface area contributed by atoms with Crippen molar-refractivity contribution in [1.82, 2.24) is 10.3 Å². The highest BCUT2D eigenvalue weighted by molar-refractivity contribution is 5.96. The molecule has 1 amide bonds. The monoisotopic (exact) mass is 303 g/mol. The average molecular weight is 303 g/mol. The number of aldehydes is 2. The fourth-order valence-corrected chi connectivity index (χ4v) is 1.53. The molecule has 1 aromatic rings. The Morgan fingerprint density at radius 2 is 2.14 bits per heavy atom. The molecule has 0 saturated carbocycles. The fourth-order valence-electron chi connectivity index (χ4n) is 1.53. The van der Waals surface area contributed by atoms with Crippen molar-refractivity contribution in [1.29, 1.82) is 5.41 Å². The average Bonchev–Trinajstić information content (AvgIpc) is 2.47. The van der Waals surface area contributed by atoms with Gasteiger partial charge < -0.3 is 20.3 Å². The lowest BCUT2D eigenvalue weighted by Gasteiger charge is -2.10. The number of carbonyl (C=O) groups excluding carboxylic acids is 3. The molecule has 7 nitrogen and oxygen atoms in total. The van der Waals surface area contributed by atoms with Crippen LogP contribution in [0.15, 0.2) is 24.1 Å². The molecule has 0 unspecified atom stereocenters. The summed E-state index contributed by atoms with van der Waals surface area (Å²) in [7, 11) is 0. The van der Waals surface area contributed by atoms with Gasteiger partial charge in [0.25, 0.3) is 5.91 Å². The largest absolute Gasteiger partial charge is 0.435 e. The zero-order valence-electron chi connectivity index (χ0n) is 12.5. The summed E-state index contributed by atoms with van der Waals surface area (Å²) in [6.45, 7) is 4.74. The van der Waals surface area contributed by atoms with Gasteiger partial charge in [-0.3, -0.25) is 9.59 Å². The van der Waals surface area contributed by atoms with Crippen molar-refractivity contribution in [3.05, 3.63) is 35.2 Å². The molecule has 0 aliphatic carbocycles. The Bertz CT molecular complexity index is 638. The maximum absolute atomic E-state index is 11.9. The van der Waals surface area contributed by atoms with E-state index in [0.717, 1.165) is 0 Å². The van der Waals surface area contributed by atoms with E-state index < -0.39 is 11.9 Å². The predicted molar refractivity (Wildman–Crippen MR) is 80.1 cm³/mol. The minimum absolute atomic E-state index is 0.0464. The first-order valence-corrected chi connectivity index (χ1v) is 6.50. The topological polar surface area (TPSA) is 109 Å². The van der Waals surface area contributed by atoms with Crippen molar-refractivity contribution in [3.63, 3.8) is 0 Å². The summed E-state index contributed by atoms with van der Waals surface area (Å²) in [5, 5.41) is 9.79. The number of hydrogen-bond donors (Lipinski definition) is 2. The van der Waals surface area contributed by atoms with Crippen LogP contribution in [0.2, 0.25) is 0 Å². The first kappa shape index (κ1) is 17.2. The highest BCUT2D eigenvalue weighted by atomic mass is 16.5. The molecule has 0 saturated heterocycles. The van der Waals surface area contributed by atoms with E-state index in [9.17, 15) is 14.4 Å². The number of pyridine rings is 1. The van der Waals surface area contributed by atoms with Crippen molar-refractivity contribution in [2.75, 3.05) is 0 Å². The van der Waals surface area contributed by atoms with Crippen LogP contribution in [0.4, 0.5) is 0 Å². The summed E-state index contributed by atoms with van der Waals surface area (Å²) >= 11 is 0. The third-order valence-corrected chi connectivity index (χ3v) is 2.54. The molecule has 2 N–H and O–H groups in total. The lowest BCUT2D eigenvalue weighted by atomic mass is 10.2. The van der Waals surface area contributed by atoms with E-state index in [1.807, 2.05) is 0 Å². The van der Waals surface area contributed by atoms with Crippen molar-refractivity contribution >= 4 is 24.2 Å². The number of aromatic nitrogens is 1. The first-order chi connectivity index (χ1) is 10.4. The van der Waals surface area contributed by atoms with Crippen molar-refractivity contribution in [2.45, 2.75) is 26.8 Å². The number of carbonyl (C=O) groups is 3. The maximum atomic E-state index is 11.9. The van der Waals surface area contributed by atoms with Crippen LogP contribution < -0.4 is 10.1 Å². The Hall–Kier alpha value is -2.83. The number of ether oxygens (including phenoxy) is 1. The molecule has 0 aliphatic heterocycles. The summed E-state index contributed by atoms with van der Waals surface area (Å²) in [5.41, 5.74) is 0.985. The summed E-state index contributed by atoms with van der Waals surface area (Å²) in [6.07, 6.45) is 3.65. The maximum Gasteiger partial charge on any atom is 0.253 e. The number of amides is 1. The van der Waals surface area contributed by atoms with E-state index in [1.54, 1.807) is 13.8 Å². The van der Waals surface area contributed by atoms with Crippen LogP contribution in [-0.2, 0) is 9.59 Å². The van der Waals surface area contributed by atoms with E-state index in [2.05, 4.69) is 10.3 Å². The van der Waals surface area contributed by atoms with Crippen LogP contribution in [0.25, 0.3) is 0 Å². The van der Waals surface area contributed by atoms with Crippen molar-refractivity contribution in [3.8, 4) is 5.88 Å². The second kappa shape index (κ2) is 7.82. The molecule has 1 rings (SSSR count). The van der Waals surface area contributed by atoms with Gasteiger partial charge in [0, 0.05) is 23.5 Å². The van der Waals surface area contributed by atoms with E-state index in [4.69, 9.17) is 10.1 Å². The first-order valence-electron chi connectivity index (χ1n) is 6.50. The van der Waals surface area contributed by atoms with Crippen LogP contribution in [0.3, 0.4) is 0 Å². The normalized spacial score (nSPS) is 12.2. The van der Waals surface area contributed by atoms with Crippen molar-refractivity contribution in [2.24, 2.45) is 0 Å². The summed E-state index contributed by atoms with van der Waals surface area (Å²) in [5.74, 6) is -0.308. The number of nitrogens with one attached hydrogen (secondary N) is 2. The molecular formula is C15H17N3O4. The van der Waals surface area contributed by atoms with Crippen LogP contribution in [0.5, 0.6) is 5.88 Å². The van der Waals surface area contributed by atoms with Crippen LogP contribution in [0.1, 0.15) is 29.8 Å². The molecule has 116 valence electrons. The van der Waals surface area contributed by atoms with E-state index in [-0.39, 0.29) is 22.9 Å². The lowest BCUT2D eigenvalue weighted by Crippen LogP contribution is -2.33. The Morgan fingerprint density at radius 1 is 1.45 bits per heavy atom. The summed E-state index contributed by atoms with van der Waals surface area (Å²) in [4.78, 5) is 37.2. The Morgan fingerprint density at radius 3 is 2.64 bits per heavy atom. The molecule has 1 aromatic heterocycles. The van der Waals surface area contributed by atoms with Gasteiger partial charge in [0.1, 0.15) is 6.29 Å². The Kier molecular flexibility index (Phi) is 6.12. The molecule has 0 radical (unpaired) electrons. The summed E-state index contributed by atoms with van der Waals surface area (Å²) in [6, 6.07) is 0.943. The van der Waals surface area contributed by atoms with E-state index >= 15 is 0 Å². The van der Waals surface area contributed by atoms with Gasteiger partial charge in [0.15, 0.2) is 12.0 Å². The molecule has 0 spiro atoms.